The molecule has 0 atom stereocenters. The van der Waals surface area contributed by atoms with Gasteiger partial charge in [-0.15, -0.1) is 0 Å². The lowest BCUT2D eigenvalue weighted by Gasteiger charge is -2.13. The second kappa shape index (κ2) is 7.22. The molecule has 0 saturated heterocycles. The fourth-order valence-corrected chi connectivity index (χ4v) is 2.64. The average molecular weight is 356 g/mol. The Hall–Kier alpha value is -3.42. The van der Waals surface area contributed by atoms with Crippen LogP contribution in [0.25, 0.3) is 5.69 Å². The highest BCUT2D eigenvalue weighted by molar-refractivity contribution is 5.65. The highest BCUT2D eigenvalue weighted by Gasteiger charge is 2.22. The molecule has 3 rings (SSSR count). The lowest BCUT2D eigenvalue weighted by atomic mass is 10.1. The van der Waals surface area contributed by atoms with Crippen molar-refractivity contribution in [3.8, 4) is 11.4 Å². The zero-order chi connectivity index (χ0) is 18.7. The summed E-state index contributed by atoms with van der Waals surface area (Å²) >= 11 is 0. The SMILES string of the molecule is COc1cc(F)c([N+](=O)[O-])c(NCc2ccccc2-n2ccc(C)n2)c1. The molecule has 0 spiro atoms. The number of aryl methyl sites for hydroxylation is 1. The number of nitrogens with zero attached hydrogens (tertiary/aromatic N) is 3. The van der Waals surface area contributed by atoms with Gasteiger partial charge in [0.1, 0.15) is 11.4 Å². The predicted octanol–water partition coefficient (Wildman–Crippen LogP) is 3.85. The molecule has 0 saturated carbocycles. The van der Waals surface area contributed by atoms with Crippen LogP contribution in [-0.2, 0) is 6.54 Å². The molecule has 26 heavy (non-hydrogen) atoms. The first-order valence-electron chi connectivity index (χ1n) is 7.86. The number of nitrogens with one attached hydrogen (secondary N) is 1. The third-order valence-corrected chi connectivity index (χ3v) is 3.89. The molecule has 0 aliphatic heterocycles. The van der Waals surface area contributed by atoms with Gasteiger partial charge in [0.2, 0.25) is 5.82 Å². The topological polar surface area (TPSA) is 82.2 Å². The Labute approximate surface area is 149 Å². The van der Waals surface area contributed by atoms with Crippen LogP contribution in [0.1, 0.15) is 11.3 Å². The quantitative estimate of drug-likeness (QED) is 0.536. The molecule has 0 amide bonds. The van der Waals surface area contributed by atoms with Crippen molar-refractivity contribution in [2.75, 3.05) is 12.4 Å². The Morgan fingerprint density at radius 3 is 2.73 bits per heavy atom. The van der Waals surface area contributed by atoms with Gasteiger partial charge in [-0.1, -0.05) is 18.2 Å². The summed E-state index contributed by atoms with van der Waals surface area (Å²) in [7, 11) is 1.37. The average Bonchev–Trinajstić information content (AvgIpc) is 3.05. The number of anilines is 1. The van der Waals surface area contributed by atoms with Gasteiger partial charge < -0.3 is 10.1 Å². The standard InChI is InChI=1S/C18H17FN4O3/c1-12-7-8-22(21-12)17-6-4-3-5-13(17)11-20-16-10-14(26-2)9-15(19)18(16)23(24)25/h3-10,20H,11H2,1-2H3. The predicted molar refractivity (Wildman–Crippen MR) is 95.2 cm³/mol. The summed E-state index contributed by atoms with van der Waals surface area (Å²) in [6.45, 7) is 2.14. The van der Waals surface area contributed by atoms with Gasteiger partial charge in [0, 0.05) is 24.9 Å². The van der Waals surface area contributed by atoms with Crippen LogP contribution >= 0.6 is 0 Å². The molecule has 1 heterocycles. The van der Waals surface area contributed by atoms with Gasteiger partial charge in [-0.25, -0.2) is 4.68 Å². The fraction of sp³-hybridized carbons (Fsp3) is 0.167. The summed E-state index contributed by atoms with van der Waals surface area (Å²) in [6, 6.07) is 11.8. The zero-order valence-corrected chi connectivity index (χ0v) is 14.3. The molecule has 0 aliphatic carbocycles. The molecule has 8 heteroatoms. The molecule has 7 nitrogen and oxygen atoms in total. The van der Waals surface area contributed by atoms with E-state index in [-0.39, 0.29) is 18.0 Å². The van der Waals surface area contributed by atoms with Crippen molar-refractivity contribution in [3.63, 3.8) is 0 Å². The molecule has 2 aromatic carbocycles. The van der Waals surface area contributed by atoms with Gasteiger partial charge in [0.15, 0.2) is 0 Å². The van der Waals surface area contributed by atoms with Gasteiger partial charge in [-0.2, -0.15) is 9.49 Å². The zero-order valence-electron chi connectivity index (χ0n) is 14.3. The van der Waals surface area contributed by atoms with E-state index in [1.807, 2.05) is 43.5 Å². The number of para-hydroxylation sites is 1. The van der Waals surface area contributed by atoms with E-state index >= 15 is 0 Å². The van der Waals surface area contributed by atoms with Crippen molar-refractivity contribution in [2.24, 2.45) is 0 Å². The molecule has 0 bridgehead atoms. The highest BCUT2D eigenvalue weighted by atomic mass is 19.1. The summed E-state index contributed by atoms with van der Waals surface area (Å²) in [4.78, 5) is 10.5. The molecule has 0 aliphatic rings. The van der Waals surface area contributed by atoms with Gasteiger partial charge in [0.05, 0.1) is 23.4 Å². The maximum atomic E-state index is 14.0. The van der Waals surface area contributed by atoms with Crippen molar-refractivity contribution in [2.45, 2.75) is 13.5 Å². The number of halogens is 1. The van der Waals surface area contributed by atoms with Gasteiger partial charge in [-0.05, 0) is 24.6 Å². The number of hydrogen-bond donors (Lipinski definition) is 1. The molecular weight excluding hydrogens is 339 g/mol. The van der Waals surface area contributed by atoms with Gasteiger partial charge in [-0.3, -0.25) is 10.1 Å². The molecule has 1 N–H and O–H groups in total. The van der Waals surface area contributed by atoms with E-state index < -0.39 is 16.4 Å². The summed E-state index contributed by atoms with van der Waals surface area (Å²) in [6.07, 6.45) is 1.84. The maximum absolute atomic E-state index is 14.0. The van der Waals surface area contributed by atoms with Gasteiger partial charge >= 0.3 is 5.69 Å². The minimum Gasteiger partial charge on any atom is -0.497 e. The van der Waals surface area contributed by atoms with E-state index in [0.717, 1.165) is 23.0 Å². The van der Waals surface area contributed by atoms with E-state index in [1.54, 1.807) is 4.68 Å². The Morgan fingerprint density at radius 2 is 2.08 bits per heavy atom. The van der Waals surface area contributed by atoms with Crippen molar-refractivity contribution in [3.05, 3.63) is 75.9 Å². The van der Waals surface area contributed by atoms with E-state index in [4.69, 9.17) is 4.74 Å². The third-order valence-electron chi connectivity index (χ3n) is 3.89. The molecule has 3 aromatic rings. The second-order valence-electron chi connectivity index (χ2n) is 5.65. The second-order valence-corrected chi connectivity index (χ2v) is 5.65. The number of methoxy groups -OCH3 is 1. The molecule has 0 radical (unpaired) electrons. The summed E-state index contributed by atoms with van der Waals surface area (Å²) < 4.78 is 20.8. The van der Waals surface area contributed by atoms with Crippen LogP contribution in [0, 0.1) is 22.9 Å². The number of benzene rings is 2. The van der Waals surface area contributed by atoms with Crippen molar-refractivity contribution < 1.29 is 14.1 Å². The minimum absolute atomic E-state index is 0.0540. The Bertz CT molecular complexity index is 955. The normalized spacial score (nSPS) is 10.6. The molecule has 1 aromatic heterocycles. The van der Waals surface area contributed by atoms with E-state index in [1.165, 1.54) is 13.2 Å². The first-order valence-corrected chi connectivity index (χ1v) is 7.86. The van der Waals surface area contributed by atoms with E-state index in [9.17, 15) is 14.5 Å². The van der Waals surface area contributed by atoms with Crippen LogP contribution in [0.15, 0.2) is 48.7 Å². The highest BCUT2D eigenvalue weighted by Crippen LogP contribution is 2.33. The minimum atomic E-state index is -0.951. The lowest BCUT2D eigenvalue weighted by Crippen LogP contribution is -2.08. The summed E-state index contributed by atoms with van der Waals surface area (Å²) in [5.74, 6) is -0.751. The monoisotopic (exact) mass is 356 g/mol. The smallest absolute Gasteiger partial charge is 0.327 e. The van der Waals surface area contributed by atoms with Crippen LogP contribution in [-0.4, -0.2) is 21.8 Å². The third kappa shape index (κ3) is 3.49. The van der Waals surface area contributed by atoms with Crippen LogP contribution < -0.4 is 10.1 Å². The molecule has 134 valence electrons. The number of ether oxygens (including phenoxy) is 1. The van der Waals surface area contributed by atoms with Gasteiger partial charge in [0.25, 0.3) is 0 Å². The first kappa shape index (κ1) is 17.4. The fourth-order valence-electron chi connectivity index (χ4n) is 2.64. The van der Waals surface area contributed by atoms with E-state index in [2.05, 4.69) is 10.4 Å². The maximum Gasteiger partial charge on any atom is 0.327 e. The van der Waals surface area contributed by atoms with Crippen molar-refractivity contribution >= 4 is 11.4 Å². The summed E-state index contributed by atoms with van der Waals surface area (Å²) in [5, 5.41) is 18.5. The molecular formula is C18H17FN4O3. The van der Waals surface area contributed by atoms with Crippen LogP contribution in [0.5, 0.6) is 5.75 Å². The number of rotatable bonds is 6. The van der Waals surface area contributed by atoms with Crippen LogP contribution in [0.2, 0.25) is 0 Å². The molecule has 0 unspecified atom stereocenters. The Morgan fingerprint density at radius 1 is 1.31 bits per heavy atom. The number of nitro groups is 1. The number of hydrogen-bond acceptors (Lipinski definition) is 5. The van der Waals surface area contributed by atoms with Crippen LogP contribution in [0.4, 0.5) is 15.8 Å². The Kier molecular flexibility index (Phi) is 4.83. The van der Waals surface area contributed by atoms with E-state index in [0.29, 0.717) is 0 Å². The molecule has 0 fully saturated rings. The largest absolute Gasteiger partial charge is 0.497 e. The van der Waals surface area contributed by atoms with Crippen molar-refractivity contribution in [1.82, 2.24) is 9.78 Å². The number of aromatic nitrogens is 2. The first-order chi connectivity index (χ1) is 12.5. The Balaban J connectivity index is 1.93. The van der Waals surface area contributed by atoms with Crippen LogP contribution in [0.3, 0.4) is 0 Å². The van der Waals surface area contributed by atoms with Crippen molar-refractivity contribution in [1.29, 1.82) is 0 Å². The summed E-state index contributed by atoms with van der Waals surface area (Å²) in [5.41, 5.74) is 2.00. The lowest BCUT2D eigenvalue weighted by molar-refractivity contribution is -0.386. The number of nitro benzene ring substituents is 1.